The number of nitrogens with zero attached hydrogens (tertiary/aromatic N) is 1. The average Bonchev–Trinajstić information content (AvgIpc) is 2.90. The van der Waals surface area contributed by atoms with E-state index in [1.807, 2.05) is 0 Å². The summed E-state index contributed by atoms with van der Waals surface area (Å²) in [4.78, 5) is 23.9. The van der Waals surface area contributed by atoms with Crippen LogP contribution in [0.15, 0.2) is 42.5 Å². The highest BCUT2D eigenvalue weighted by Crippen LogP contribution is 2.31. The third kappa shape index (κ3) is 2.87. The van der Waals surface area contributed by atoms with Gasteiger partial charge in [-0.3, -0.25) is 9.59 Å². The Labute approximate surface area is 142 Å². The van der Waals surface area contributed by atoms with Gasteiger partial charge in [-0.1, -0.05) is 18.2 Å². The maximum atomic E-state index is 12.8. The Bertz CT molecular complexity index is 989. The summed E-state index contributed by atoms with van der Waals surface area (Å²) in [5.41, 5.74) is 0.843. The van der Waals surface area contributed by atoms with E-state index in [0.717, 1.165) is 4.57 Å². The number of rotatable bonds is 4. The second-order valence-corrected chi connectivity index (χ2v) is 5.46. The van der Waals surface area contributed by atoms with Crippen molar-refractivity contribution in [2.45, 2.75) is 6.42 Å². The molecule has 0 aliphatic rings. The van der Waals surface area contributed by atoms with Crippen molar-refractivity contribution in [3.63, 3.8) is 0 Å². The smallest absolute Gasteiger partial charge is 0.307 e. The van der Waals surface area contributed by atoms with Crippen LogP contribution < -0.4 is 4.74 Å². The van der Waals surface area contributed by atoms with Crippen LogP contribution in [0.1, 0.15) is 15.9 Å². The topological polar surface area (TPSA) is 109 Å². The normalized spacial score (nSPS) is 10.8. The number of hydrogen-bond donors (Lipinski definition) is 3. The number of benzene rings is 2. The van der Waals surface area contributed by atoms with E-state index in [2.05, 4.69) is 0 Å². The van der Waals surface area contributed by atoms with Crippen molar-refractivity contribution < 1.29 is 29.6 Å². The summed E-state index contributed by atoms with van der Waals surface area (Å²) in [6.07, 6.45) is -0.290. The molecule has 0 amide bonds. The van der Waals surface area contributed by atoms with Crippen molar-refractivity contribution >= 4 is 22.8 Å². The number of aromatic hydroxyl groups is 2. The van der Waals surface area contributed by atoms with Crippen LogP contribution in [-0.2, 0) is 11.2 Å². The third-order valence-corrected chi connectivity index (χ3v) is 3.86. The number of para-hydroxylation sites is 1. The molecule has 0 bridgehead atoms. The van der Waals surface area contributed by atoms with Crippen molar-refractivity contribution in [3.8, 4) is 17.4 Å². The standard InChI is InChI=1S/C18H15NO6/c1-25-14-6-5-12(7-13(14)20)18(24)19-15(21)8-10-3-2-4-11(17(10)19)9-16(22)23/h2-8,20-21H,9H2,1H3,(H,22,23). The minimum atomic E-state index is -1.05. The number of fused-ring (bicyclic) bond motifs is 1. The van der Waals surface area contributed by atoms with Crippen LogP contribution in [0, 0.1) is 0 Å². The molecule has 0 radical (unpaired) electrons. The number of carbonyl (C=O) groups is 2. The van der Waals surface area contributed by atoms with Crippen LogP contribution in [0.25, 0.3) is 10.9 Å². The lowest BCUT2D eigenvalue weighted by Crippen LogP contribution is -2.13. The number of phenolic OH excluding ortho intramolecular Hbond substituents is 1. The summed E-state index contributed by atoms with van der Waals surface area (Å²) >= 11 is 0. The fourth-order valence-corrected chi connectivity index (χ4v) is 2.78. The Kier molecular flexibility index (Phi) is 4.06. The van der Waals surface area contributed by atoms with Gasteiger partial charge < -0.3 is 20.1 Å². The van der Waals surface area contributed by atoms with E-state index in [0.29, 0.717) is 16.5 Å². The van der Waals surface area contributed by atoms with E-state index in [-0.39, 0.29) is 29.4 Å². The summed E-state index contributed by atoms with van der Waals surface area (Å²) in [6, 6.07) is 10.4. The van der Waals surface area contributed by atoms with E-state index < -0.39 is 11.9 Å². The lowest BCUT2D eigenvalue weighted by Gasteiger charge is -2.10. The van der Waals surface area contributed by atoms with E-state index in [1.165, 1.54) is 31.4 Å². The molecule has 7 nitrogen and oxygen atoms in total. The Hall–Kier alpha value is -3.48. The molecule has 3 N–H and O–H groups in total. The zero-order valence-electron chi connectivity index (χ0n) is 13.3. The van der Waals surface area contributed by atoms with E-state index in [4.69, 9.17) is 9.84 Å². The minimum absolute atomic E-state index is 0.122. The summed E-state index contributed by atoms with van der Waals surface area (Å²) in [7, 11) is 1.39. The predicted octanol–water partition coefficient (Wildman–Crippen LogP) is 2.38. The van der Waals surface area contributed by atoms with Crippen LogP contribution in [0.2, 0.25) is 0 Å². The van der Waals surface area contributed by atoms with Gasteiger partial charge in [-0.05, 0) is 23.8 Å². The molecule has 2 aromatic carbocycles. The quantitative estimate of drug-likeness (QED) is 0.672. The number of methoxy groups -OCH3 is 1. The maximum absolute atomic E-state index is 12.8. The number of ether oxygens (including phenoxy) is 1. The van der Waals surface area contributed by atoms with E-state index >= 15 is 0 Å². The first-order chi connectivity index (χ1) is 11.9. The van der Waals surface area contributed by atoms with Gasteiger partial charge in [0.2, 0.25) is 0 Å². The molecule has 7 heteroatoms. The highest BCUT2D eigenvalue weighted by atomic mass is 16.5. The fraction of sp³-hybridized carbons (Fsp3) is 0.111. The maximum Gasteiger partial charge on any atom is 0.307 e. The number of hydrogen-bond acceptors (Lipinski definition) is 5. The number of aliphatic carboxylic acids is 1. The monoisotopic (exact) mass is 341 g/mol. The van der Waals surface area contributed by atoms with Crippen LogP contribution in [-0.4, -0.2) is 38.9 Å². The zero-order valence-corrected chi connectivity index (χ0v) is 13.3. The van der Waals surface area contributed by atoms with Crippen LogP contribution >= 0.6 is 0 Å². The molecule has 0 aliphatic carbocycles. The fourth-order valence-electron chi connectivity index (χ4n) is 2.78. The number of carboxylic acid groups (broad SMARTS) is 1. The van der Waals surface area contributed by atoms with Gasteiger partial charge >= 0.3 is 5.97 Å². The molecular formula is C18H15NO6. The lowest BCUT2D eigenvalue weighted by atomic mass is 10.1. The molecule has 0 spiro atoms. The predicted molar refractivity (Wildman–Crippen MR) is 89.3 cm³/mol. The molecule has 1 heterocycles. The Morgan fingerprint density at radius 1 is 1.12 bits per heavy atom. The highest BCUT2D eigenvalue weighted by molar-refractivity contribution is 6.05. The average molecular weight is 341 g/mol. The van der Waals surface area contributed by atoms with Gasteiger partial charge in [0.05, 0.1) is 19.0 Å². The highest BCUT2D eigenvalue weighted by Gasteiger charge is 2.20. The Morgan fingerprint density at radius 3 is 2.52 bits per heavy atom. The molecule has 3 rings (SSSR count). The molecule has 3 aromatic rings. The van der Waals surface area contributed by atoms with Gasteiger partial charge in [0, 0.05) is 17.0 Å². The SMILES string of the molecule is COc1ccc(C(=O)n2c(O)cc3cccc(CC(=O)O)c32)cc1O. The summed E-state index contributed by atoms with van der Waals surface area (Å²) in [6.45, 7) is 0. The second kappa shape index (κ2) is 6.20. The molecule has 0 saturated carbocycles. The molecule has 0 fully saturated rings. The van der Waals surface area contributed by atoms with Gasteiger partial charge in [-0.2, -0.15) is 0 Å². The van der Waals surface area contributed by atoms with Gasteiger partial charge in [0.15, 0.2) is 17.4 Å². The number of aromatic nitrogens is 1. The number of carbonyl (C=O) groups excluding carboxylic acids is 1. The largest absolute Gasteiger partial charge is 0.504 e. The molecule has 0 atom stereocenters. The first-order valence-corrected chi connectivity index (χ1v) is 7.38. The van der Waals surface area contributed by atoms with Gasteiger partial charge in [0.25, 0.3) is 5.91 Å². The van der Waals surface area contributed by atoms with Gasteiger partial charge in [-0.15, -0.1) is 0 Å². The molecule has 25 heavy (non-hydrogen) atoms. The van der Waals surface area contributed by atoms with Gasteiger partial charge in [-0.25, -0.2) is 4.57 Å². The first kappa shape index (κ1) is 16.4. The Morgan fingerprint density at radius 2 is 1.88 bits per heavy atom. The molecule has 0 unspecified atom stereocenters. The minimum Gasteiger partial charge on any atom is -0.504 e. The number of carboxylic acids is 1. The molecule has 128 valence electrons. The van der Waals surface area contributed by atoms with Crippen molar-refractivity contribution in [2.75, 3.05) is 7.11 Å². The summed E-state index contributed by atoms with van der Waals surface area (Å²) < 4.78 is 5.98. The molecule has 1 aromatic heterocycles. The van der Waals surface area contributed by atoms with Crippen LogP contribution in [0.4, 0.5) is 0 Å². The van der Waals surface area contributed by atoms with Crippen molar-refractivity contribution in [2.24, 2.45) is 0 Å². The van der Waals surface area contributed by atoms with Crippen LogP contribution in [0.5, 0.6) is 17.4 Å². The van der Waals surface area contributed by atoms with Crippen molar-refractivity contribution in [1.29, 1.82) is 0 Å². The summed E-state index contributed by atoms with van der Waals surface area (Å²) in [5.74, 6) is -1.95. The second-order valence-electron chi connectivity index (χ2n) is 5.46. The molecule has 0 saturated heterocycles. The van der Waals surface area contributed by atoms with Crippen molar-refractivity contribution in [3.05, 3.63) is 53.6 Å². The van der Waals surface area contributed by atoms with Crippen molar-refractivity contribution in [1.82, 2.24) is 4.57 Å². The van der Waals surface area contributed by atoms with E-state index in [1.54, 1.807) is 18.2 Å². The lowest BCUT2D eigenvalue weighted by molar-refractivity contribution is -0.136. The van der Waals surface area contributed by atoms with E-state index in [9.17, 15) is 19.8 Å². The zero-order chi connectivity index (χ0) is 18.1. The summed E-state index contributed by atoms with van der Waals surface area (Å²) in [5, 5.41) is 29.7. The molecular weight excluding hydrogens is 326 g/mol. The third-order valence-electron chi connectivity index (χ3n) is 3.86. The first-order valence-electron chi connectivity index (χ1n) is 7.38. The van der Waals surface area contributed by atoms with Gasteiger partial charge in [0.1, 0.15) is 0 Å². The van der Waals surface area contributed by atoms with Crippen LogP contribution in [0.3, 0.4) is 0 Å². The number of phenols is 1. The molecule has 0 aliphatic heterocycles. The Balaban J connectivity index is 2.17.